The Kier molecular flexibility index (Phi) is 12.3. The molecule has 2 N–H and O–H groups in total. The summed E-state index contributed by atoms with van der Waals surface area (Å²) in [5.41, 5.74) is 3.39. The zero-order valence-electron chi connectivity index (χ0n) is 17.2. The van der Waals surface area contributed by atoms with Gasteiger partial charge in [-0.3, -0.25) is 14.9 Å². The largest absolute Gasteiger partial charge is 0.444 e. The van der Waals surface area contributed by atoms with E-state index in [1.165, 1.54) is 22.7 Å². The van der Waals surface area contributed by atoms with Crippen LogP contribution in [-0.4, -0.2) is 58.8 Å². The summed E-state index contributed by atoms with van der Waals surface area (Å²) in [4.78, 5) is 35.6. The lowest BCUT2D eigenvalue weighted by Crippen LogP contribution is -2.47. The number of nitrogens with zero attached hydrogens (tertiary/aromatic N) is 3. The van der Waals surface area contributed by atoms with Crippen LogP contribution in [0.2, 0.25) is 0 Å². The highest BCUT2D eigenvalue weighted by molar-refractivity contribution is 7.09. The van der Waals surface area contributed by atoms with Crippen LogP contribution in [0.15, 0.2) is 23.4 Å². The molecule has 0 radical (unpaired) electrons. The van der Waals surface area contributed by atoms with E-state index < -0.39 is 12.2 Å². The van der Waals surface area contributed by atoms with Gasteiger partial charge in [0.1, 0.15) is 13.2 Å². The first-order valence-electron chi connectivity index (χ1n) is 9.30. The van der Waals surface area contributed by atoms with Crippen molar-refractivity contribution < 1.29 is 19.1 Å². The molecule has 0 aliphatic heterocycles. The van der Waals surface area contributed by atoms with Gasteiger partial charge in [0.25, 0.3) is 0 Å². The summed E-state index contributed by atoms with van der Waals surface area (Å²) < 4.78 is 10.4. The van der Waals surface area contributed by atoms with Gasteiger partial charge in [0.15, 0.2) is 0 Å². The molecule has 30 heavy (non-hydrogen) atoms. The average molecular weight is 478 g/mol. The molecule has 0 aliphatic carbocycles. The maximum atomic E-state index is 11.9. The Morgan fingerprint density at radius 3 is 1.73 bits per heavy atom. The maximum absolute atomic E-state index is 11.9. The van der Waals surface area contributed by atoms with Crippen LogP contribution >= 0.6 is 35.1 Å². The molecule has 2 rings (SSSR count). The minimum Gasteiger partial charge on any atom is -0.444 e. The van der Waals surface area contributed by atoms with E-state index in [4.69, 9.17) is 9.47 Å². The van der Waals surface area contributed by atoms with Gasteiger partial charge < -0.3 is 20.1 Å². The number of alkyl carbamates (subject to hydrolysis) is 2. The number of hydrogen-bond donors (Lipinski definition) is 2. The van der Waals surface area contributed by atoms with E-state index in [1.54, 1.807) is 23.4 Å². The van der Waals surface area contributed by atoms with Gasteiger partial charge in [0.05, 0.1) is 20.8 Å². The van der Waals surface area contributed by atoms with Crippen LogP contribution in [0.4, 0.5) is 9.59 Å². The molecule has 0 unspecified atom stereocenters. The van der Waals surface area contributed by atoms with Gasteiger partial charge in [-0.05, 0) is 20.4 Å². The van der Waals surface area contributed by atoms with Gasteiger partial charge >= 0.3 is 12.2 Å². The molecular formula is C18H28ClN5O4S2. The molecule has 0 saturated heterocycles. The van der Waals surface area contributed by atoms with E-state index in [0.717, 1.165) is 16.3 Å². The molecule has 12 heteroatoms. The second kappa shape index (κ2) is 14.1. The Balaban J connectivity index is 0.00000450. The number of halogens is 1. The van der Waals surface area contributed by atoms with Gasteiger partial charge in [-0.25, -0.2) is 9.59 Å². The number of ether oxygens (including phenoxy) is 2. The summed E-state index contributed by atoms with van der Waals surface area (Å²) in [6.45, 7) is 8.34. The summed E-state index contributed by atoms with van der Waals surface area (Å²) in [5, 5.41) is 5.64. The molecule has 0 bridgehead atoms. The normalized spacial score (nSPS) is 12.5. The molecule has 168 valence electrons. The number of amides is 2. The van der Waals surface area contributed by atoms with Crippen LogP contribution in [0.5, 0.6) is 0 Å². The molecule has 2 aromatic rings. The molecule has 0 spiro atoms. The molecule has 9 nitrogen and oxygen atoms in total. The molecule has 2 heterocycles. The highest BCUT2D eigenvalue weighted by Crippen LogP contribution is 2.08. The lowest BCUT2D eigenvalue weighted by atomic mass is 10.2. The van der Waals surface area contributed by atoms with Gasteiger partial charge in [0, 0.05) is 37.6 Å². The minimum atomic E-state index is -0.459. The van der Waals surface area contributed by atoms with E-state index in [0.29, 0.717) is 13.1 Å². The first kappa shape index (κ1) is 26.1. The van der Waals surface area contributed by atoms with Crippen molar-refractivity contribution in [2.24, 2.45) is 0 Å². The van der Waals surface area contributed by atoms with E-state index in [9.17, 15) is 9.59 Å². The third-order valence-corrected chi connectivity index (χ3v) is 5.40. The molecule has 2 aromatic heterocycles. The Bertz CT molecular complexity index is 673. The Hall–Kier alpha value is -1.95. The van der Waals surface area contributed by atoms with Crippen molar-refractivity contribution in [3.8, 4) is 0 Å². The summed E-state index contributed by atoms with van der Waals surface area (Å²) in [6, 6.07) is -0.205. The number of nitrogens with one attached hydrogen (secondary N) is 2. The van der Waals surface area contributed by atoms with Crippen LogP contribution in [0.25, 0.3) is 0 Å². The molecular weight excluding hydrogens is 450 g/mol. The van der Waals surface area contributed by atoms with Gasteiger partial charge in [-0.2, -0.15) is 0 Å². The number of carbonyl (C=O) groups is 2. The fraction of sp³-hybridized carbons (Fsp3) is 0.556. The highest BCUT2D eigenvalue weighted by atomic mass is 35.5. The van der Waals surface area contributed by atoms with E-state index in [2.05, 4.69) is 25.5 Å². The monoisotopic (exact) mass is 477 g/mol. The van der Waals surface area contributed by atoms with Crippen LogP contribution in [-0.2, 0) is 22.7 Å². The van der Waals surface area contributed by atoms with E-state index in [-0.39, 0.29) is 37.7 Å². The predicted octanol–water partition coefficient (Wildman–Crippen LogP) is 3.27. The topological polar surface area (TPSA) is 106 Å². The van der Waals surface area contributed by atoms with Crippen molar-refractivity contribution in [3.05, 3.63) is 33.2 Å². The van der Waals surface area contributed by atoms with Gasteiger partial charge in [-0.1, -0.05) is 6.92 Å². The lowest BCUT2D eigenvalue weighted by Gasteiger charge is -2.27. The van der Waals surface area contributed by atoms with Crippen molar-refractivity contribution in [1.29, 1.82) is 0 Å². The number of thiazole rings is 2. The average Bonchev–Trinajstić information content (AvgIpc) is 3.37. The fourth-order valence-electron chi connectivity index (χ4n) is 2.58. The zero-order chi connectivity index (χ0) is 21.1. The number of hydrogen-bond acceptors (Lipinski definition) is 9. The number of aromatic nitrogens is 2. The quantitative estimate of drug-likeness (QED) is 0.511. The summed E-state index contributed by atoms with van der Waals surface area (Å²) in [6.07, 6.45) is 2.44. The zero-order valence-corrected chi connectivity index (χ0v) is 19.6. The third-order valence-electron chi connectivity index (χ3n) is 3.90. The van der Waals surface area contributed by atoms with Crippen molar-refractivity contribution in [1.82, 2.24) is 25.5 Å². The van der Waals surface area contributed by atoms with Crippen LogP contribution in [0, 0.1) is 0 Å². The standard InChI is InChI=1S/C18H27N5O4S2.ClH/c1-4-23(7-13(2)21-17(24)26-9-15-5-19-11-28-15)8-14(3)22-18(25)27-10-16-6-20-12-29-16;/h5-6,11-14H,4,7-10H2,1-3H3,(H,21,24)(H,22,25);1H/t13-,14+;. The molecule has 0 aliphatic rings. The number of likely N-dealkylation sites (N-methyl/N-ethyl adjacent to an activating group) is 1. The summed E-state index contributed by atoms with van der Waals surface area (Å²) in [5.74, 6) is 0. The molecule has 2 atom stereocenters. The minimum absolute atomic E-state index is 0. The Morgan fingerprint density at radius 1 is 0.967 bits per heavy atom. The first-order valence-corrected chi connectivity index (χ1v) is 11.1. The number of rotatable bonds is 11. The smallest absolute Gasteiger partial charge is 0.407 e. The van der Waals surface area contributed by atoms with Gasteiger partial charge in [-0.15, -0.1) is 35.1 Å². The molecule has 0 saturated carbocycles. The maximum Gasteiger partial charge on any atom is 0.407 e. The second-order valence-electron chi connectivity index (χ2n) is 6.53. The molecule has 0 fully saturated rings. The summed E-state index contributed by atoms with van der Waals surface area (Å²) >= 11 is 2.88. The number of carbonyl (C=O) groups excluding carboxylic acids is 2. The van der Waals surface area contributed by atoms with Gasteiger partial charge in [0.2, 0.25) is 0 Å². The first-order chi connectivity index (χ1) is 14.0. The lowest BCUT2D eigenvalue weighted by molar-refractivity contribution is 0.130. The van der Waals surface area contributed by atoms with Crippen LogP contribution in [0.1, 0.15) is 30.5 Å². The Labute approximate surface area is 190 Å². The summed E-state index contributed by atoms with van der Waals surface area (Å²) in [7, 11) is 0. The molecule has 2 amide bonds. The van der Waals surface area contributed by atoms with Crippen molar-refractivity contribution in [3.63, 3.8) is 0 Å². The SMILES string of the molecule is CCN(C[C@@H](C)NC(=O)OCc1cncs1)C[C@H](C)NC(=O)OCc1cncs1.Cl. The molecule has 0 aromatic carbocycles. The second-order valence-corrected chi connectivity index (χ2v) is 8.47. The fourth-order valence-corrected chi connectivity index (χ4v) is 3.60. The van der Waals surface area contributed by atoms with E-state index >= 15 is 0 Å². The van der Waals surface area contributed by atoms with E-state index in [1.807, 2.05) is 20.8 Å². The highest BCUT2D eigenvalue weighted by Gasteiger charge is 2.16. The van der Waals surface area contributed by atoms with Crippen molar-refractivity contribution in [2.75, 3.05) is 19.6 Å². The van der Waals surface area contributed by atoms with Crippen molar-refractivity contribution >= 4 is 47.3 Å². The van der Waals surface area contributed by atoms with Crippen molar-refractivity contribution in [2.45, 2.75) is 46.1 Å². The van der Waals surface area contributed by atoms with Crippen LogP contribution < -0.4 is 10.6 Å². The van der Waals surface area contributed by atoms with Crippen LogP contribution in [0.3, 0.4) is 0 Å². The third kappa shape index (κ3) is 10.2. The Morgan fingerprint density at radius 2 is 1.40 bits per heavy atom. The predicted molar refractivity (Wildman–Crippen MR) is 119 cm³/mol.